The molecule has 78 valence electrons. The Morgan fingerprint density at radius 3 is 2.69 bits per heavy atom. The van der Waals surface area contributed by atoms with E-state index in [-0.39, 0.29) is 0 Å². The van der Waals surface area contributed by atoms with E-state index in [0.717, 1.165) is 5.69 Å². The van der Waals surface area contributed by atoms with E-state index in [0.29, 0.717) is 5.56 Å². The van der Waals surface area contributed by atoms with Crippen LogP contribution >= 0.6 is 0 Å². The van der Waals surface area contributed by atoms with Crippen molar-refractivity contribution in [3.63, 3.8) is 0 Å². The number of amides is 1. The summed E-state index contributed by atoms with van der Waals surface area (Å²) in [6, 6.07) is 6.54. The maximum atomic E-state index is 11.3. The monoisotopic (exact) mass is 214 g/mol. The highest BCUT2D eigenvalue weighted by Gasteiger charge is 2.04. The minimum Gasteiger partial charge on any atom is -0.268 e. The fourth-order valence-electron chi connectivity index (χ4n) is 1.17. The van der Waals surface area contributed by atoms with Gasteiger partial charge >= 0.3 is 0 Å². The topological polar surface area (TPSA) is 96.5 Å². The molecule has 0 bridgehead atoms. The first-order valence-electron chi connectivity index (χ1n) is 4.34. The van der Waals surface area contributed by atoms with Gasteiger partial charge in [0.15, 0.2) is 6.19 Å². The van der Waals surface area contributed by atoms with E-state index in [4.69, 9.17) is 5.26 Å². The Morgan fingerprint density at radius 1 is 1.38 bits per heavy atom. The van der Waals surface area contributed by atoms with Crippen LogP contribution in [-0.4, -0.2) is 26.1 Å². The number of carbonyl (C=O) groups excluding carboxylic acids is 1. The number of hydrogen-bond donors (Lipinski definition) is 1. The van der Waals surface area contributed by atoms with Gasteiger partial charge in [0.1, 0.15) is 6.33 Å². The Morgan fingerprint density at radius 2 is 2.12 bits per heavy atom. The van der Waals surface area contributed by atoms with Crippen LogP contribution in [0.2, 0.25) is 0 Å². The number of hydrogen-bond acceptors (Lipinski definition) is 5. The van der Waals surface area contributed by atoms with Gasteiger partial charge in [-0.05, 0) is 34.7 Å². The Hall–Kier alpha value is -2.75. The molecule has 0 unspecified atom stereocenters. The van der Waals surface area contributed by atoms with Gasteiger partial charge in [-0.25, -0.2) is 4.68 Å². The van der Waals surface area contributed by atoms with Crippen LogP contribution in [0.25, 0.3) is 5.69 Å². The molecule has 1 N–H and O–H groups in total. The third-order valence-corrected chi connectivity index (χ3v) is 1.91. The van der Waals surface area contributed by atoms with Crippen LogP contribution in [0.1, 0.15) is 10.4 Å². The first kappa shape index (κ1) is 9.79. The molecule has 0 fully saturated rings. The molecule has 2 rings (SSSR count). The van der Waals surface area contributed by atoms with E-state index in [1.807, 2.05) is 5.32 Å². The van der Waals surface area contributed by atoms with E-state index < -0.39 is 5.91 Å². The van der Waals surface area contributed by atoms with Crippen LogP contribution in [-0.2, 0) is 0 Å². The molecule has 0 aliphatic heterocycles. The number of nitriles is 1. The number of benzene rings is 1. The molecule has 0 aliphatic carbocycles. The number of nitrogens with zero attached hydrogens (tertiary/aromatic N) is 5. The summed E-state index contributed by atoms with van der Waals surface area (Å²) < 4.78 is 1.46. The molecule has 0 spiro atoms. The first-order chi connectivity index (χ1) is 7.81. The van der Waals surface area contributed by atoms with E-state index in [2.05, 4.69) is 15.5 Å². The van der Waals surface area contributed by atoms with Gasteiger partial charge in [0.2, 0.25) is 0 Å². The van der Waals surface area contributed by atoms with Crippen molar-refractivity contribution in [1.82, 2.24) is 25.5 Å². The van der Waals surface area contributed by atoms with Gasteiger partial charge in [0.25, 0.3) is 5.91 Å². The summed E-state index contributed by atoms with van der Waals surface area (Å²) >= 11 is 0. The highest BCUT2D eigenvalue weighted by atomic mass is 16.1. The number of aromatic nitrogens is 4. The summed E-state index contributed by atoms with van der Waals surface area (Å²) in [6.07, 6.45) is 3.02. The largest absolute Gasteiger partial charge is 0.268 e. The average molecular weight is 214 g/mol. The lowest BCUT2D eigenvalue weighted by atomic mass is 10.2. The molecule has 16 heavy (non-hydrogen) atoms. The van der Waals surface area contributed by atoms with E-state index >= 15 is 0 Å². The van der Waals surface area contributed by atoms with Crippen molar-refractivity contribution in [2.75, 3.05) is 0 Å². The van der Waals surface area contributed by atoms with Crippen LogP contribution in [0.3, 0.4) is 0 Å². The standard InChI is InChI=1S/C9H6N6O/c10-5-11-9(16)7-1-3-8(4-2-7)15-6-12-13-14-15/h1-4,6H,(H,11,16). The number of tetrazole rings is 1. The fraction of sp³-hybridized carbons (Fsp3) is 0. The summed E-state index contributed by atoms with van der Waals surface area (Å²) in [5.74, 6) is -0.439. The number of nitrogens with one attached hydrogen (secondary N) is 1. The van der Waals surface area contributed by atoms with Crippen LogP contribution in [0, 0.1) is 11.5 Å². The van der Waals surface area contributed by atoms with Crippen molar-refractivity contribution in [3.05, 3.63) is 36.2 Å². The molecule has 7 nitrogen and oxygen atoms in total. The summed E-state index contributed by atoms with van der Waals surface area (Å²) in [6.45, 7) is 0. The molecule has 1 aromatic carbocycles. The van der Waals surface area contributed by atoms with Gasteiger partial charge in [-0.3, -0.25) is 10.1 Å². The Balaban J connectivity index is 2.24. The zero-order valence-electron chi connectivity index (χ0n) is 8.03. The van der Waals surface area contributed by atoms with Gasteiger partial charge < -0.3 is 0 Å². The minimum atomic E-state index is -0.439. The van der Waals surface area contributed by atoms with Crippen molar-refractivity contribution in [2.45, 2.75) is 0 Å². The summed E-state index contributed by atoms with van der Waals surface area (Å²) in [5, 5.41) is 21.0. The maximum absolute atomic E-state index is 11.3. The van der Waals surface area contributed by atoms with E-state index in [1.54, 1.807) is 30.5 Å². The van der Waals surface area contributed by atoms with Crippen molar-refractivity contribution < 1.29 is 4.79 Å². The van der Waals surface area contributed by atoms with Gasteiger partial charge in [-0.2, -0.15) is 5.26 Å². The molecule has 1 aromatic heterocycles. The molecule has 0 aliphatic rings. The smallest absolute Gasteiger partial charge is 0.264 e. The van der Waals surface area contributed by atoms with Crippen LogP contribution in [0.4, 0.5) is 0 Å². The second-order valence-corrected chi connectivity index (χ2v) is 2.87. The fourth-order valence-corrected chi connectivity index (χ4v) is 1.17. The predicted octanol–water partition coefficient (Wildman–Crippen LogP) is -0.127. The third-order valence-electron chi connectivity index (χ3n) is 1.91. The summed E-state index contributed by atoms with van der Waals surface area (Å²) in [4.78, 5) is 11.3. The zero-order valence-corrected chi connectivity index (χ0v) is 8.03. The number of carbonyl (C=O) groups is 1. The molecule has 7 heteroatoms. The van der Waals surface area contributed by atoms with Crippen molar-refractivity contribution in [2.24, 2.45) is 0 Å². The second-order valence-electron chi connectivity index (χ2n) is 2.87. The molecular formula is C9H6N6O. The quantitative estimate of drug-likeness (QED) is 0.555. The zero-order chi connectivity index (χ0) is 11.4. The van der Waals surface area contributed by atoms with Gasteiger partial charge in [0, 0.05) is 5.56 Å². The van der Waals surface area contributed by atoms with E-state index in [9.17, 15) is 4.79 Å². The lowest BCUT2D eigenvalue weighted by Crippen LogP contribution is -2.17. The van der Waals surface area contributed by atoms with Gasteiger partial charge in [0.05, 0.1) is 5.69 Å². The average Bonchev–Trinajstić information content (AvgIpc) is 2.83. The lowest BCUT2D eigenvalue weighted by molar-refractivity contribution is 0.0973. The van der Waals surface area contributed by atoms with Crippen LogP contribution in [0.5, 0.6) is 0 Å². The van der Waals surface area contributed by atoms with E-state index in [1.165, 1.54) is 11.0 Å². The Kier molecular flexibility index (Phi) is 2.56. The molecular weight excluding hydrogens is 208 g/mol. The Labute approximate surface area is 90.3 Å². The minimum absolute atomic E-state index is 0.401. The normalized spacial score (nSPS) is 9.44. The van der Waals surface area contributed by atoms with Crippen molar-refractivity contribution >= 4 is 5.91 Å². The third kappa shape index (κ3) is 1.85. The second kappa shape index (κ2) is 4.18. The molecule has 1 amide bonds. The lowest BCUT2D eigenvalue weighted by Gasteiger charge is -2.00. The van der Waals surface area contributed by atoms with Crippen molar-refractivity contribution in [1.29, 1.82) is 5.26 Å². The first-order valence-corrected chi connectivity index (χ1v) is 4.34. The number of rotatable bonds is 2. The SMILES string of the molecule is N#CNC(=O)c1ccc(-n2cnnn2)cc1. The molecule has 2 aromatic rings. The van der Waals surface area contributed by atoms with Crippen molar-refractivity contribution in [3.8, 4) is 11.9 Å². The van der Waals surface area contributed by atoms with Gasteiger partial charge in [-0.15, -0.1) is 5.10 Å². The molecule has 1 heterocycles. The molecule has 0 radical (unpaired) electrons. The Bertz CT molecular complexity index is 524. The molecule has 0 saturated carbocycles. The molecule has 0 saturated heterocycles. The highest BCUT2D eigenvalue weighted by molar-refractivity contribution is 5.95. The predicted molar refractivity (Wildman–Crippen MR) is 52.2 cm³/mol. The summed E-state index contributed by atoms with van der Waals surface area (Å²) in [5.41, 5.74) is 1.14. The van der Waals surface area contributed by atoms with Gasteiger partial charge in [-0.1, -0.05) is 0 Å². The summed E-state index contributed by atoms with van der Waals surface area (Å²) in [7, 11) is 0. The maximum Gasteiger partial charge on any atom is 0.264 e. The van der Waals surface area contributed by atoms with Crippen LogP contribution in [0.15, 0.2) is 30.6 Å². The highest BCUT2D eigenvalue weighted by Crippen LogP contribution is 2.07. The van der Waals surface area contributed by atoms with Crippen LogP contribution < -0.4 is 5.32 Å². The molecule has 0 atom stereocenters.